The van der Waals surface area contributed by atoms with Gasteiger partial charge in [-0.1, -0.05) is 22.0 Å². The van der Waals surface area contributed by atoms with Crippen LogP contribution in [0.5, 0.6) is 0 Å². The molecule has 0 spiro atoms. The van der Waals surface area contributed by atoms with Gasteiger partial charge in [-0.05, 0) is 37.0 Å². The molecule has 1 saturated carbocycles. The molecule has 0 radical (unpaired) electrons. The van der Waals surface area contributed by atoms with E-state index in [9.17, 15) is 0 Å². The Morgan fingerprint density at radius 1 is 1.39 bits per heavy atom. The van der Waals surface area contributed by atoms with Crippen LogP contribution < -0.4 is 4.90 Å². The minimum Gasteiger partial charge on any atom is -0.374 e. The molecule has 1 aliphatic carbocycles. The minimum absolute atomic E-state index is 0.418. The molecule has 4 heteroatoms. The summed E-state index contributed by atoms with van der Waals surface area (Å²) >= 11 is 9.64. The number of anilines is 1. The standard InChI is InChI=1S/C14H17BrClNO/c15-11-5-4-10(9-16)13(8-11)17-6-7-18-14-3-1-2-12(14)17/h4-5,8,12,14H,1-3,6-7,9H2. The number of benzene rings is 1. The van der Waals surface area contributed by atoms with Crippen LogP contribution in [0, 0.1) is 0 Å². The molecule has 1 aliphatic heterocycles. The van der Waals surface area contributed by atoms with Gasteiger partial charge in [-0.2, -0.15) is 0 Å². The summed E-state index contributed by atoms with van der Waals surface area (Å²) in [4.78, 5) is 2.50. The SMILES string of the molecule is ClCc1ccc(Br)cc1N1CCOC2CCCC21. The van der Waals surface area contributed by atoms with Crippen LogP contribution >= 0.6 is 27.5 Å². The zero-order chi connectivity index (χ0) is 12.5. The average Bonchev–Trinajstić information content (AvgIpc) is 2.86. The van der Waals surface area contributed by atoms with Gasteiger partial charge in [0.15, 0.2) is 0 Å². The Hall–Kier alpha value is -0.250. The van der Waals surface area contributed by atoms with Gasteiger partial charge in [-0.25, -0.2) is 0 Å². The number of morpholine rings is 1. The molecule has 98 valence electrons. The van der Waals surface area contributed by atoms with Crippen LogP contribution in [0.2, 0.25) is 0 Å². The highest BCUT2D eigenvalue weighted by Gasteiger charge is 2.36. The molecule has 0 aromatic heterocycles. The molecular formula is C14H17BrClNO. The lowest BCUT2D eigenvalue weighted by Gasteiger charge is -2.40. The summed E-state index contributed by atoms with van der Waals surface area (Å²) in [6.07, 6.45) is 4.13. The molecular weight excluding hydrogens is 314 g/mol. The summed E-state index contributed by atoms with van der Waals surface area (Å²) < 4.78 is 6.99. The molecule has 0 amide bonds. The molecule has 3 rings (SSSR count). The maximum absolute atomic E-state index is 6.07. The van der Waals surface area contributed by atoms with E-state index in [0.29, 0.717) is 18.0 Å². The molecule has 1 heterocycles. The number of ether oxygens (including phenoxy) is 1. The Morgan fingerprint density at radius 2 is 2.28 bits per heavy atom. The van der Waals surface area contributed by atoms with Crippen molar-refractivity contribution in [3.8, 4) is 0 Å². The highest BCUT2D eigenvalue weighted by molar-refractivity contribution is 9.10. The molecule has 1 aromatic rings. The van der Waals surface area contributed by atoms with Crippen LogP contribution in [0.4, 0.5) is 5.69 Å². The van der Waals surface area contributed by atoms with Gasteiger partial charge in [0.05, 0.1) is 18.8 Å². The molecule has 1 aromatic carbocycles. The van der Waals surface area contributed by atoms with Crippen molar-refractivity contribution < 1.29 is 4.74 Å². The van der Waals surface area contributed by atoms with Crippen LogP contribution in [0.1, 0.15) is 24.8 Å². The van der Waals surface area contributed by atoms with E-state index in [0.717, 1.165) is 17.6 Å². The number of fused-ring (bicyclic) bond motifs is 1. The van der Waals surface area contributed by atoms with Crippen molar-refractivity contribution in [1.29, 1.82) is 0 Å². The molecule has 2 unspecified atom stereocenters. The minimum atomic E-state index is 0.418. The van der Waals surface area contributed by atoms with E-state index in [1.165, 1.54) is 30.5 Å². The number of hydrogen-bond acceptors (Lipinski definition) is 2. The van der Waals surface area contributed by atoms with Gasteiger partial charge in [-0.15, -0.1) is 11.6 Å². The maximum Gasteiger partial charge on any atom is 0.0779 e. The van der Waals surface area contributed by atoms with Crippen LogP contribution in [0.15, 0.2) is 22.7 Å². The molecule has 2 aliphatic rings. The molecule has 18 heavy (non-hydrogen) atoms. The van der Waals surface area contributed by atoms with Crippen LogP contribution in [-0.2, 0) is 10.6 Å². The van der Waals surface area contributed by atoms with E-state index in [-0.39, 0.29) is 0 Å². The van der Waals surface area contributed by atoms with Crippen LogP contribution in [0.25, 0.3) is 0 Å². The Bertz CT molecular complexity index is 440. The van der Waals surface area contributed by atoms with Gasteiger partial charge < -0.3 is 9.64 Å². The molecule has 0 N–H and O–H groups in total. The van der Waals surface area contributed by atoms with Gasteiger partial charge in [-0.3, -0.25) is 0 Å². The first-order chi connectivity index (χ1) is 8.79. The maximum atomic E-state index is 6.07. The molecule has 2 nitrogen and oxygen atoms in total. The number of hydrogen-bond donors (Lipinski definition) is 0. The second-order valence-electron chi connectivity index (χ2n) is 5.01. The van der Waals surface area contributed by atoms with E-state index < -0.39 is 0 Å². The first-order valence-corrected chi connectivity index (χ1v) is 7.85. The van der Waals surface area contributed by atoms with Crippen molar-refractivity contribution in [2.75, 3.05) is 18.1 Å². The fourth-order valence-electron chi connectivity index (χ4n) is 3.14. The lowest BCUT2D eigenvalue weighted by molar-refractivity contribution is 0.0256. The summed E-state index contributed by atoms with van der Waals surface area (Å²) in [5.74, 6) is 0.567. The predicted octanol–water partition coefficient (Wildman–Crippen LogP) is 3.95. The van der Waals surface area contributed by atoms with E-state index in [1.54, 1.807) is 0 Å². The summed E-state index contributed by atoms with van der Waals surface area (Å²) in [6, 6.07) is 6.91. The fraction of sp³-hybridized carbons (Fsp3) is 0.571. The van der Waals surface area contributed by atoms with Crippen molar-refractivity contribution in [2.24, 2.45) is 0 Å². The van der Waals surface area contributed by atoms with Crippen molar-refractivity contribution in [1.82, 2.24) is 0 Å². The smallest absolute Gasteiger partial charge is 0.0779 e. The summed E-state index contributed by atoms with van der Waals surface area (Å²) in [5, 5.41) is 0. The first kappa shape index (κ1) is 12.8. The predicted molar refractivity (Wildman–Crippen MR) is 78.4 cm³/mol. The lowest BCUT2D eigenvalue weighted by atomic mass is 10.1. The van der Waals surface area contributed by atoms with Gasteiger partial charge >= 0.3 is 0 Å². The van der Waals surface area contributed by atoms with Gasteiger partial charge in [0, 0.05) is 22.6 Å². The molecule has 2 atom stereocenters. The third kappa shape index (κ3) is 2.28. The van der Waals surface area contributed by atoms with Crippen LogP contribution in [-0.4, -0.2) is 25.3 Å². The molecule has 1 saturated heterocycles. The Labute approximate surface area is 121 Å². The number of rotatable bonds is 2. The van der Waals surface area contributed by atoms with Crippen molar-refractivity contribution >= 4 is 33.2 Å². The summed E-state index contributed by atoms with van der Waals surface area (Å²) in [7, 11) is 0. The van der Waals surface area contributed by atoms with E-state index in [2.05, 4.69) is 39.0 Å². The van der Waals surface area contributed by atoms with Crippen molar-refractivity contribution in [2.45, 2.75) is 37.3 Å². The number of halogens is 2. The molecule has 0 bridgehead atoms. The third-order valence-electron chi connectivity index (χ3n) is 3.98. The van der Waals surface area contributed by atoms with Crippen molar-refractivity contribution in [3.63, 3.8) is 0 Å². The third-order valence-corrected chi connectivity index (χ3v) is 4.76. The second kappa shape index (κ2) is 5.40. The Balaban J connectivity index is 1.95. The highest BCUT2D eigenvalue weighted by atomic mass is 79.9. The van der Waals surface area contributed by atoms with Crippen molar-refractivity contribution in [3.05, 3.63) is 28.2 Å². The largest absolute Gasteiger partial charge is 0.374 e. The highest BCUT2D eigenvalue weighted by Crippen LogP contribution is 2.36. The number of alkyl halides is 1. The van der Waals surface area contributed by atoms with E-state index in [1.807, 2.05) is 0 Å². The van der Waals surface area contributed by atoms with E-state index in [4.69, 9.17) is 16.3 Å². The van der Waals surface area contributed by atoms with Gasteiger partial charge in [0.1, 0.15) is 0 Å². The fourth-order valence-corrected chi connectivity index (χ4v) is 3.72. The summed E-state index contributed by atoms with van der Waals surface area (Å²) in [5.41, 5.74) is 2.49. The van der Waals surface area contributed by atoms with Gasteiger partial charge in [0.25, 0.3) is 0 Å². The Morgan fingerprint density at radius 3 is 3.11 bits per heavy atom. The quantitative estimate of drug-likeness (QED) is 0.761. The van der Waals surface area contributed by atoms with Gasteiger partial charge in [0.2, 0.25) is 0 Å². The number of nitrogens with zero attached hydrogens (tertiary/aromatic N) is 1. The second-order valence-corrected chi connectivity index (χ2v) is 6.19. The molecule has 2 fully saturated rings. The normalized spacial score (nSPS) is 27.3. The van der Waals surface area contributed by atoms with E-state index >= 15 is 0 Å². The monoisotopic (exact) mass is 329 g/mol. The Kier molecular flexibility index (Phi) is 3.83. The zero-order valence-electron chi connectivity index (χ0n) is 10.2. The first-order valence-electron chi connectivity index (χ1n) is 6.52. The van der Waals surface area contributed by atoms with Crippen LogP contribution in [0.3, 0.4) is 0 Å². The average molecular weight is 331 g/mol. The lowest BCUT2D eigenvalue weighted by Crippen LogP contribution is -2.49. The summed E-state index contributed by atoms with van der Waals surface area (Å²) in [6.45, 7) is 1.80. The zero-order valence-corrected chi connectivity index (χ0v) is 12.6. The topological polar surface area (TPSA) is 12.5 Å².